The second kappa shape index (κ2) is 9.86. The maximum absolute atomic E-state index is 11.9. The van der Waals surface area contributed by atoms with E-state index >= 15 is 0 Å². The maximum atomic E-state index is 11.9. The van der Waals surface area contributed by atoms with Crippen molar-refractivity contribution in [1.82, 2.24) is 4.90 Å². The number of carboxylic acid groups (broad SMARTS) is 1. The first-order valence-electron chi connectivity index (χ1n) is 8.28. The fourth-order valence-corrected chi connectivity index (χ4v) is 4.06. The molecule has 2 amide bonds. The van der Waals surface area contributed by atoms with Crippen molar-refractivity contribution in [3.05, 3.63) is 23.4 Å². The number of allylic oxidation sites excluding steroid dienone is 1. The van der Waals surface area contributed by atoms with Crippen LogP contribution in [0.5, 0.6) is 0 Å². The van der Waals surface area contributed by atoms with Crippen LogP contribution in [0.4, 0.5) is 0 Å². The van der Waals surface area contributed by atoms with Crippen LogP contribution >= 0.6 is 11.8 Å². The molecule has 2 heterocycles. The van der Waals surface area contributed by atoms with Crippen molar-refractivity contribution in [1.29, 1.82) is 0 Å². The fourth-order valence-electron chi connectivity index (χ4n) is 2.80. The SMILES string of the molecule is CC[N+](C)(C/C=C/C1=C(C(=O)O)N2C(=O)[C@@H](N)[C@H]2SC1)CC(N)=O.[O-][Cl+3]([O-])([O-])O. The Morgan fingerprint density at radius 1 is 1.41 bits per heavy atom. The van der Waals surface area contributed by atoms with Gasteiger partial charge in [-0.05, 0) is 18.6 Å². The third-order valence-electron chi connectivity index (χ3n) is 4.41. The zero-order chi connectivity index (χ0) is 22.6. The number of carbonyl (C=O) groups is 3. The van der Waals surface area contributed by atoms with Crippen molar-refractivity contribution in [3.63, 3.8) is 0 Å². The van der Waals surface area contributed by atoms with Crippen LogP contribution in [0.15, 0.2) is 23.4 Å². The third-order valence-corrected chi connectivity index (χ3v) is 5.73. The van der Waals surface area contributed by atoms with E-state index in [9.17, 15) is 19.5 Å². The largest absolute Gasteiger partial charge is 0.477 e. The second-order valence-corrected chi connectivity index (χ2v) is 8.55. The van der Waals surface area contributed by atoms with Crippen molar-refractivity contribution in [3.8, 4) is 0 Å². The number of amides is 2. The topological polar surface area (TPSA) is 216 Å². The lowest BCUT2D eigenvalue weighted by Gasteiger charge is -2.47. The van der Waals surface area contributed by atoms with Gasteiger partial charge in [0.1, 0.15) is 17.1 Å². The number of nitrogens with zero attached hydrogens (tertiary/aromatic N) is 2. The highest BCUT2D eigenvalue weighted by Crippen LogP contribution is 2.39. The van der Waals surface area contributed by atoms with Crippen LogP contribution in [0.25, 0.3) is 0 Å². The number of hydrogen-bond donors (Lipinski definition) is 4. The number of quaternary nitrogens is 1. The van der Waals surface area contributed by atoms with Crippen LogP contribution in [0.1, 0.15) is 6.92 Å². The van der Waals surface area contributed by atoms with E-state index in [0.29, 0.717) is 28.9 Å². The van der Waals surface area contributed by atoms with Crippen LogP contribution in [0.3, 0.4) is 0 Å². The Bertz CT molecular complexity index is 720. The summed E-state index contributed by atoms with van der Waals surface area (Å²) in [6, 6.07) is -0.634. The first kappa shape index (κ1) is 25.3. The van der Waals surface area contributed by atoms with E-state index in [1.165, 1.54) is 16.7 Å². The number of hydrogen-bond acceptors (Lipinski definition) is 9. The molecule has 12 nitrogen and oxygen atoms in total. The average molecular weight is 456 g/mol. The summed E-state index contributed by atoms with van der Waals surface area (Å²) in [5.41, 5.74) is 11.6. The Balaban J connectivity index is 0.000000749. The fraction of sp³-hybridized carbons (Fsp3) is 0.533. The quantitative estimate of drug-likeness (QED) is 0.211. The molecule has 3 atom stereocenters. The Kier molecular flexibility index (Phi) is 8.61. The number of thioether (sulfide) groups is 1. The van der Waals surface area contributed by atoms with Gasteiger partial charge in [-0.25, -0.2) is 4.79 Å². The summed E-state index contributed by atoms with van der Waals surface area (Å²) in [6.07, 6.45) is 3.55. The molecule has 164 valence electrons. The molecule has 0 radical (unpaired) electrons. The predicted octanol–water partition coefficient (Wildman–Crippen LogP) is -5.05. The van der Waals surface area contributed by atoms with Crippen LogP contribution in [-0.2, 0) is 14.4 Å². The van der Waals surface area contributed by atoms with E-state index in [4.69, 9.17) is 30.1 Å². The van der Waals surface area contributed by atoms with Gasteiger partial charge in [0, 0.05) is 5.75 Å². The predicted molar refractivity (Wildman–Crippen MR) is 92.7 cm³/mol. The minimum Gasteiger partial charge on any atom is -0.477 e. The van der Waals surface area contributed by atoms with Crippen LogP contribution in [0.2, 0.25) is 0 Å². The number of carboxylic acids is 1. The summed E-state index contributed by atoms with van der Waals surface area (Å²) in [4.78, 5) is 35.9. The lowest BCUT2D eigenvalue weighted by Crippen LogP contribution is -2.68. The van der Waals surface area contributed by atoms with E-state index in [1.807, 2.05) is 20.0 Å². The summed E-state index contributed by atoms with van der Waals surface area (Å²) in [5.74, 6) is -1.40. The lowest BCUT2D eigenvalue weighted by atomic mass is 10.0. The minimum atomic E-state index is -4.69. The minimum absolute atomic E-state index is 0.00213. The Morgan fingerprint density at radius 2 is 1.97 bits per heavy atom. The van der Waals surface area contributed by atoms with E-state index in [0.717, 1.165) is 0 Å². The number of rotatable bonds is 7. The molecule has 1 fully saturated rings. The van der Waals surface area contributed by atoms with Crippen molar-refractivity contribution in [2.45, 2.75) is 18.3 Å². The van der Waals surface area contributed by atoms with E-state index < -0.39 is 22.3 Å². The van der Waals surface area contributed by atoms with Crippen molar-refractivity contribution in [2.75, 3.05) is 32.4 Å². The van der Waals surface area contributed by atoms with E-state index in [2.05, 4.69) is 0 Å². The number of halogens is 1. The molecule has 0 aliphatic carbocycles. The summed E-state index contributed by atoms with van der Waals surface area (Å²) < 4.78 is 33.2. The Morgan fingerprint density at radius 3 is 2.41 bits per heavy atom. The highest BCUT2D eigenvalue weighted by atomic mass is 35.7. The van der Waals surface area contributed by atoms with Gasteiger partial charge in [0.2, 0.25) is 5.91 Å². The highest BCUT2D eigenvalue weighted by Gasteiger charge is 2.51. The van der Waals surface area contributed by atoms with Crippen LogP contribution in [0, 0.1) is 10.2 Å². The Labute approximate surface area is 173 Å². The van der Waals surface area contributed by atoms with Gasteiger partial charge in [-0.3, -0.25) is 14.5 Å². The molecular formula is C15H24ClN4O8S+. The first-order chi connectivity index (χ1) is 13.2. The van der Waals surface area contributed by atoms with Gasteiger partial charge in [-0.2, -0.15) is 14.0 Å². The summed E-state index contributed by atoms with van der Waals surface area (Å²) >= 11 is 1.46. The summed E-state index contributed by atoms with van der Waals surface area (Å²) in [5, 5.41) is 9.16. The van der Waals surface area contributed by atoms with Crippen LogP contribution in [-0.4, -0.2) is 80.8 Å². The molecule has 29 heavy (non-hydrogen) atoms. The molecule has 6 N–H and O–H groups in total. The smallest absolute Gasteiger partial charge is 0.352 e. The summed E-state index contributed by atoms with van der Waals surface area (Å²) in [7, 11) is -2.79. The average Bonchev–Trinajstić information content (AvgIpc) is 2.58. The molecule has 0 aromatic rings. The van der Waals surface area contributed by atoms with E-state index in [-0.39, 0.29) is 29.4 Å². The second-order valence-electron chi connectivity index (χ2n) is 6.66. The molecule has 1 saturated heterocycles. The normalized spacial score (nSPS) is 23.7. The molecule has 0 aromatic carbocycles. The van der Waals surface area contributed by atoms with Gasteiger partial charge in [-0.15, -0.1) is 11.8 Å². The molecule has 1 unspecified atom stereocenters. The first-order valence-corrected chi connectivity index (χ1v) is 10.6. The number of primary amides is 1. The van der Waals surface area contributed by atoms with E-state index in [1.54, 1.807) is 6.08 Å². The number of nitrogens with two attached hydrogens (primary N) is 2. The monoisotopic (exact) mass is 455 g/mol. The van der Waals surface area contributed by atoms with Gasteiger partial charge in [0.25, 0.3) is 5.91 Å². The van der Waals surface area contributed by atoms with Gasteiger partial charge in [0.15, 0.2) is 6.54 Å². The van der Waals surface area contributed by atoms with Gasteiger partial charge in [0.05, 0.1) is 35.0 Å². The molecule has 2 aliphatic rings. The highest BCUT2D eigenvalue weighted by molar-refractivity contribution is 8.00. The molecule has 14 heteroatoms. The van der Waals surface area contributed by atoms with Gasteiger partial charge in [-0.1, -0.05) is 6.08 Å². The number of aliphatic carboxylic acids is 1. The number of carbonyl (C=O) groups excluding carboxylic acids is 2. The molecule has 2 aliphatic heterocycles. The van der Waals surface area contributed by atoms with Gasteiger partial charge >= 0.3 is 5.97 Å². The lowest BCUT2D eigenvalue weighted by molar-refractivity contribution is -1.92. The third kappa shape index (κ3) is 7.24. The maximum Gasteiger partial charge on any atom is 0.352 e. The molecule has 0 bridgehead atoms. The number of likely N-dealkylation sites (N-methyl/N-ethyl adjacent to an activating group) is 1. The van der Waals surface area contributed by atoms with Crippen molar-refractivity contribution < 1.29 is 52.9 Å². The molecule has 0 saturated carbocycles. The molecule has 2 rings (SSSR count). The van der Waals surface area contributed by atoms with Crippen molar-refractivity contribution >= 4 is 29.5 Å². The zero-order valence-electron chi connectivity index (χ0n) is 15.8. The van der Waals surface area contributed by atoms with Crippen molar-refractivity contribution in [2.24, 2.45) is 11.5 Å². The molecule has 0 aromatic heterocycles. The number of β-lactam (4-membered cyclic amide) rings is 1. The van der Waals surface area contributed by atoms with Gasteiger partial charge < -0.3 is 21.1 Å². The zero-order valence-corrected chi connectivity index (χ0v) is 17.4. The molecular weight excluding hydrogens is 432 g/mol. The Hall–Kier alpha value is -1.71. The summed E-state index contributed by atoms with van der Waals surface area (Å²) in [6.45, 7) is 3.42. The molecule has 0 spiro atoms. The van der Waals surface area contributed by atoms with Crippen LogP contribution < -0.4 is 25.4 Å². The standard InChI is InChI=1S/C15H22N4O4S.ClHO4/c1-3-19(2,7-10(16)20)6-4-5-9-8-24-14-11(17)13(21)18(14)12(9)15(22)23;2-1(3,4)5/h4-5,11,14H,3,6-8,17H2,1-2H3,(H2-,16,20,22,23);(H,2,3,4,5)/p+1/b5-4+;/t11-,14-,19?;/m1./s1. The number of fused-ring (bicyclic) bond motifs is 1.